The van der Waals surface area contributed by atoms with Crippen LogP contribution in [0.4, 0.5) is 5.82 Å². The molecule has 1 aromatic rings. The number of carbonyl (C=O) groups is 2. The van der Waals surface area contributed by atoms with Gasteiger partial charge in [0.15, 0.2) is 10.9 Å². The summed E-state index contributed by atoms with van der Waals surface area (Å²) in [6.45, 7) is 3.06. The molecule has 0 fully saturated rings. The summed E-state index contributed by atoms with van der Waals surface area (Å²) in [4.78, 5) is 38.1. The lowest BCUT2D eigenvalue weighted by Gasteiger charge is -2.15. The number of nitro groups is 1. The highest BCUT2D eigenvalue weighted by Gasteiger charge is 2.35. The highest BCUT2D eigenvalue weighted by molar-refractivity contribution is 7.80. The average Bonchev–Trinajstić information content (AvgIpc) is 2.86. The molecule has 0 saturated carbocycles. The molecule has 126 valence electrons. The predicted octanol–water partition coefficient (Wildman–Crippen LogP) is -0.0261. The van der Waals surface area contributed by atoms with Crippen LogP contribution in [0.1, 0.15) is 25.2 Å². The van der Waals surface area contributed by atoms with Gasteiger partial charge in [-0.1, -0.05) is 0 Å². The van der Waals surface area contributed by atoms with Crippen LogP contribution in [0.3, 0.4) is 0 Å². The standard InChI is InChI=1S/C11H15N5O6S/c1-3-22-10(18)7(4-8(17)13-11(23)14-19)15-6(2)12-5-9(15)16(20)21/h5,7,19H,3-4H2,1-2H3,(H2,13,14,17,23). The van der Waals surface area contributed by atoms with Gasteiger partial charge in [-0.25, -0.2) is 15.3 Å². The van der Waals surface area contributed by atoms with E-state index in [1.807, 2.05) is 0 Å². The molecule has 0 bridgehead atoms. The number of hydroxylamine groups is 1. The Morgan fingerprint density at radius 2 is 2.26 bits per heavy atom. The number of aryl methyl sites for hydroxylation is 1. The molecule has 3 N–H and O–H groups in total. The minimum absolute atomic E-state index is 0.0368. The second-order valence-corrected chi connectivity index (χ2v) is 4.66. The van der Waals surface area contributed by atoms with E-state index in [2.05, 4.69) is 22.5 Å². The summed E-state index contributed by atoms with van der Waals surface area (Å²) in [7, 11) is 0. The lowest BCUT2D eigenvalue weighted by Crippen LogP contribution is -2.39. The quantitative estimate of drug-likeness (QED) is 0.280. The summed E-state index contributed by atoms with van der Waals surface area (Å²) in [6.07, 6.45) is 0.498. The number of nitrogens with zero attached hydrogens (tertiary/aromatic N) is 3. The van der Waals surface area contributed by atoms with E-state index in [1.54, 1.807) is 12.4 Å². The number of nitrogens with one attached hydrogen (secondary N) is 2. The van der Waals surface area contributed by atoms with E-state index < -0.39 is 35.1 Å². The lowest BCUT2D eigenvalue weighted by molar-refractivity contribution is -0.392. The highest BCUT2D eigenvalue weighted by atomic mass is 32.1. The van der Waals surface area contributed by atoms with Crippen molar-refractivity contribution in [1.82, 2.24) is 20.3 Å². The minimum atomic E-state index is -1.29. The van der Waals surface area contributed by atoms with Crippen LogP contribution < -0.4 is 10.8 Å². The summed E-state index contributed by atoms with van der Waals surface area (Å²) < 4.78 is 5.87. The molecule has 1 unspecified atom stereocenters. The van der Waals surface area contributed by atoms with Crippen LogP contribution in [-0.2, 0) is 14.3 Å². The van der Waals surface area contributed by atoms with Crippen molar-refractivity contribution in [3.05, 3.63) is 22.1 Å². The Hall–Kier alpha value is -2.60. The summed E-state index contributed by atoms with van der Waals surface area (Å²) in [5.74, 6) is -1.84. The van der Waals surface area contributed by atoms with Crippen molar-refractivity contribution < 1.29 is 24.5 Å². The normalized spacial score (nSPS) is 11.4. The highest BCUT2D eigenvalue weighted by Crippen LogP contribution is 2.24. The number of hydrogen-bond donors (Lipinski definition) is 3. The zero-order valence-electron chi connectivity index (χ0n) is 12.3. The minimum Gasteiger partial charge on any atom is -0.463 e. The molecule has 0 aliphatic carbocycles. The van der Waals surface area contributed by atoms with E-state index in [0.29, 0.717) is 0 Å². The molecule has 1 amide bonds. The van der Waals surface area contributed by atoms with Crippen LogP contribution in [-0.4, -0.2) is 43.3 Å². The van der Waals surface area contributed by atoms with Crippen molar-refractivity contribution in [2.45, 2.75) is 26.3 Å². The third-order valence-electron chi connectivity index (χ3n) is 2.75. The van der Waals surface area contributed by atoms with Crippen molar-refractivity contribution in [3.63, 3.8) is 0 Å². The fourth-order valence-electron chi connectivity index (χ4n) is 1.86. The summed E-state index contributed by atoms with van der Waals surface area (Å²) >= 11 is 4.56. The second kappa shape index (κ2) is 8.14. The molecule has 12 heteroatoms. The van der Waals surface area contributed by atoms with Gasteiger partial charge >= 0.3 is 11.8 Å². The average molecular weight is 345 g/mol. The number of imidazole rings is 1. The van der Waals surface area contributed by atoms with Gasteiger partial charge in [0.1, 0.15) is 6.20 Å². The number of ether oxygens (including phenoxy) is 1. The third kappa shape index (κ3) is 4.69. The Bertz CT molecular complexity index is 630. The van der Waals surface area contributed by atoms with Gasteiger partial charge in [-0.15, -0.1) is 0 Å². The molecule has 1 atom stereocenters. The Morgan fingerprint density at radius 1 is 1.61 bits per heavy atom. The van der Waals surface area contributed by atoms with E-state index in [-0.39, 0.29) is 17.5 Å². The summed E-state index contributed by atoms with van der Waals surface area (Å²) in [5, 5.41) is 21.4. The van der Waals surface area contributed by atoms with Crippen molar-refractivity contribution >= 4 is 35.0 Å². The molecule has 1 aromatic heterocycles. The van der Waals surface area contributed by atoms with Crippen LogP contribution in [0.5, 0.6) is 0 Å². The van der Waals surface area contributed by atoms with Crippen molar-refractivity contribution in [1.29, 1.82) is 0 Å². The van der Waals surface area contributed by atoms with Crippen LogP contribution in [0, 0.1) is 17.0 Å². The van der Waals surface area contributed by atoms with Crippen LogP contribution >= 0.6 is 12.2 Å². The van der Waals surface area contributed by atoms with Gasteiger partial charge in [0, 0.05) is 6.92 Å². The maximum absolute atomic E-state index is 12.1. The van der Waals surface area contributed by atoms with Crippen molar-refractivity contribution in [2.24, 2.45) is 0 Å². The zero-order valence-corrected chi connectivity index (χ0v) is 13.1. The number of aromatic nitrogens is 2. The summed E-state index contributed by atoms with van der Waals surface area (Å²) in [5.41, 5.74) is 1.56. The maximum Gasteiger partial charge on any atom is 0.352 e. The fourth-order valence-corrected chi connectivity index (χ4v) is 1.98. The van der Waals surface area contributed by atoms with E-state index >= 15 is 0 Å². The van der Waals surface area contributed by atoms with Crippen molar-refractivity contribution in [2.75, 3.05) is 6.61 Å². The molecule has 0 aliphatic rings. The van der Waals surface area contributed by atoms with Gasteiger partial charge in [0.05, 0.1) is 13.0 Å². The monoisotopic (exact) mass is 345 g/mol. The summed E-state index contributed by atoms with van der Waals surface area (Å²) in [6, 6.07) is -1.29. The van der Waals surface area contributed by atoms with Crippen molar-refractivity contribution in [3.8, 4) is 0 Å². The Balaban J connectivity index is 3.14. The number of hydrogen-bond acceptors (Lipinski definition) is 8. The maximum atomic E-state index is 12.1. The molecule has 1 heterocycles. The Morgan fingerprint density at radius 3 is 2.78 bits per heavy atom. The molecular weight excluding hydrogens is 330 g/mol. The fraction of sp³-hybridized carbons (Fsp3) is 0.455. The first-order valence-electron chi connectivity index (χ1n) is 6.40. The van der Waals surface area contributed by atoms with E-state index in [4.69, 9.17) is 9.94 Å². The van der Waals surface area contributed by atoms with Crippen LogP contribution in [0.2, 0.25) is 0 Å². The van der Waals surface area contributed by atoms with Crippen LogP contribution in [0.15, 0.2) is 6.20 Å². The number of carbonyl (C=O) groups excluding carboxylic acids is 2. The molecular formula is C11H15N5O6S. The molecule has 23 heavy (non-hydrogen) atoms. The van der Waals surface area contributed by atoms with E-state index in [1.165, 1.54) is 6.92 Å². The van der Waals surface area contributed by atoms with Crippen LogP contribution in [0.25, 0.3) is 0 Å². The van der Waals surface area contributed by atoms with Gasteiger partial charge in [-0.2, -0.15) is 4.57 Å². The molecule has 11 nitrogen and oxygen atoms in total. The van der Waals surface area contributed by atoms with Gasteiger partial charge in [-0.3, -0.25) is 10.0 Å². The topological polar surface area (TPSA) is 149 Å². The first-order chi connectivity index (χ1) is 10.8. The smallest absolute Gasteiger partial charge is 0.352 e. The lowest BCUT2D eigenvalue weighted by atomic mass is 10.2. The van der Waals surface area contributed by atoms with Gasteiger partial charge < -0.3 is 20.2 Å². The van der Waals surface area contributed by atoms with E-state index in [9.17, 15) is 19.7 Å². The van der Waals surface area contributed by atoms with E-state index in [0.717, 1.165) is 10.8 Å². The molecule has 0 saturated heterocycles. The Labute approximate surface area is 135 Å². The number of thiocarbonyl (C=S) groups is 1. The second-order valence-electron chi connectivity index (χ2n) is 4.25. The predicted molar refractivity (Wildman–Crippen MR) is 79.6 cm³/mol. The number of esters is 1. The largest absolute Gasteiger partial charge is 0.463 e. The number of amides is 1. The molecule has 1 rings (SSSR count). The SMILES string of the molecule is CCOC(=O)C(CC(=O)NC(=S)NO)n1c([N+](=O)[O-])cnc1C. The molecule has 0 aromatic carbocycles. The molecule has 0 radical (unpaired) electrons. The molecule has 0 spiro atoms. The van der Waals surface area contributed by atoms with Gasteiger partial charge in [-0.05, 0) is 24.1 Å². The zero-order chi connectivity index (χ0) is 17.6. The van der Waals surface area contributed by atoms with Gasteiger partial charge in [0.2, 0.25) is 11.9 Å². The third-order valence-corrected chi connectivity index (χ3v) is 2.95. The number of rotatable bonds is 6. The first kappa shape index (κ1) is 18.4. The van der Waals surface area contributed by atoms with Gasteiger partial charge in [0.25, 0.3) is 0 Å². The Kier molecular flexibility index (Phi) is 6.53. The first-order valence-corrected chi connectivity index (χ1v) is 6.81. The molecule has 0 aliphatic heterocycles.